The van der Waals surface area contributed by atoms with Crippen molar-refractivity contribution >= 4 is 24.7 Å². The summed E-state index contributed by atoms with van der Waals surface area (Å²) >= 11 is 3.75. The fourth-order valence-electron chi connectivity index (χ4n) is 0.838. The molecule has 1 aromatic rings. The Morgan fingerprint density at radius 1 is 1.57 bits per heavy atom. The smallest absolute Gasteiger partial charge is 0.324 e. The Morgan fingerprint density at radius 2 is 2.29 bits per heavy atom. The molecule has 0 fully saturated rings. The molecule has 0 aliphatic carbocycles. The molecule has 1 heterocycles. The van der Waals surface area contributed by atoms with Gasteiger partial charge in [0.05, 0.1) is 5.56 Å². The molecule has 0 saturated heterocycles. The molecule has 0 radical (unpaired) electrons. The van der Waals surface area contributed by atoms with Crippen LogP contribution >= 0.6 is 12.8 Å². The van der Waals surface area contributed by atoms with Gasteiger partial charge in [-0.3, -0.25) is 18.9 Å². The van der Waals surface area contributed by atoms with Gasteiger partial charge in [0.2, 0.25) is 0 Å². The monoisotopic (exact) mass is 212 g/mol. The van der Waals surface area contributed by atoms with E-state index in [9.17, 15) is 9.59 Å². The van der Waals surface area contributed by atoms with E-state index >= 15 is 0 Å². The number of hydrogen-bond donors (Lipinski definition) is 2. The van der Waals surface area contributed by atoms with Crippen LogP contribution in [-0.4, -0.2) is 32.8 Å². The number of pyridine rings is 1. The van der Waals surface area contributed by atoms with Crippen molar-refractivity contribution in [3.8, 4) is 0 Å². The largest absolute Gasteiger partial charge is 0.480 e. The number of carboxylic acid groups (broad SMARTS) is 1. The Morgan fingerprint density at radius 3 is 2.79 bits per heavy atom. The molecule has 0 aromatic carbocycles. The molecule has 74 valence electrons. The van der Waals surface area contributed by atoms with Crippen molar-refractivity contribution in [2.75, 3.05) is 6.54 Å². The number of amides is 1. The van der Waals surface area contributed by atoms with E-state index in [1.807, 2.05) is 0 Å². The van der Waals surface area contributed by atoms with E-state index < -0.39 is 18.4 Å². The Kier molecular flexibility index (Phi) is 3.47. The lowest BCUT2D eigenvalue weighted by Crippen LogP contribution is -2.27. The minimum absolute atomic E-state index is 0.309. The summed E-state index contributed by atoms with van der Waals surface area (Å²) in [6, 6.07) is 3.13. The second-order valence-electron chi connectivity index (χ2n) is 2.50. The Labute approximate surface area is 85.9 Å². The van der Waals surface area contributed by atoms with Crippen LogP contribution in [0.1, 0.15) is 10.4 Å². The third kappa shape index (κ3) is 2.74. The highest BCUT2D eigenvalue weighted by molar-refractivity contribution is 7.78. The molecule has 0 bridgehead atoms. The summed E-state index contributed by atoms with van der Waals surface area (Å²) in [4.78, 5) is 25.5. The molecule has 0 spiro atoms. The van der Waals surface area contributed by atoms with Gasteiger partial charge in [0, 0.05) is 12.4 Å². The predicted molar refractivity (Wildman–Crippen MR) is 51.9 cm³/mol. The van der Waals surface area contributed by atoms with E-state index in [-0.39, 0.29) is 0 Å². The lowest BCUT2D eigenvalue weighted by molar-refractivity contribution is -0.136. The first-order valence-corrected chi connectivity index (χ1v) is 4.14. The van der Waals surface area contributed by atoms with Gasteiger partial charge in [-0.2, -0.15) is 0 Å². The molecule has 6 heteroatoms. The number of aromatic nitrogens is 1. The van der Waals surface area contributed by atoms with Crippen molar-refractivity contribution < 1.29 is 14.7 Å². The van der Waals surface area contributed by atoms with Crippen molar-refractivity contribution in [2.45, 2.75) is 0 Å². The van der Waals surface area contributed by atoms with E-state index in [0.717, 1.165) is 4.31 Å². The van der Waals surface area contributed by atoms with Gasteiger partial charge in [0.15, 0.2) is 0 Å². The average Bonchev–Trinajstić information content (AvgIpc) is 2.17. The van der Waals surface area contributed by atoms with Gasteiger partial charge in [-0.05, 0) is 12.1 Å². The predicted octanol–water partition coefficient (Wildman–Crippen LogP) is 0.453. The number of carboxylic acids is 1. The Balaban J connectivity index is 2.71. The van der Waals surface area contributed by atoms with Gasteiger partial charge in [0.1, 0.15) is 6.54 Å². The van der Waals surface area contributed by atoms with Crippen LogP contribution in [0, 0.1) is 0 Å². The molecule has 1 rings (SSSR count). The molecular weight excluding hydrogens is 204 g/mol. The fraction of sp³-hybridized carbons (Fsp3) is 0.125. The minimum Gasteiger partial charge on any atom is -0.480 e. The van der Waals surface area contributed by atoms with Gasteiger partial charge >= 0.3 is 5.97 Å². The highest BCUT2D eigenvalue weighted by Crippen LogP contribution is 2.04. The van der Waals surface area contributed by atoms with Gasteiger partial charge in [0.25, 0.3) is 5.91 Å². The number of carbonyl (C=O) groups is 2. The molecule has 0 saturated carbocycles. The van der Waals surface area contributed by atoms with E-state index in [1.165, 1.54) is 12.4 Å². The van der Waals surface area contributed by atoms with Crippen molar-refractivity contribution in [1.82, 2.24) is 9.29 Å². The molecule has 0 unspecified atom stereocenters. The fourth-order valence-corrected chi connectivity index (χ4v) is 1.07. The topological polar surface area (TPSA) is 70.5 Å². The first kappa shape index (κ1) is 10.5. The quantitative estimate of drug-likeness (QED) is 0.714. The van der Waals surface area contributed by atoms with Crippen LogP contribution in [0.3, 0.4) is 0 Å². The van der Waals surface area contributed by atoms with E-state index in [0.29, 0.717) is 5.56 Å². The number of thiol groups is 1. The highest BCUT2D eigenvalue weighted by atomic mass is 32.1. The SMILES string of the molecule is O=C(O)CN(S)C(=O)c1cccnc1. The van der Waals surface area contributed by atoms with Crippen LogP contribution in [0.4, 0.5) is 0 Å². The molecular formula is C8H8N2O3S. The van der Waals surface area contributed by atoms with E-state index in [2.05, 4.69) is 17.8 Å². The Hall–Kier alpha value is -1.56. The molecule has 1 N–H and O–H groups in total. The summed E-state index contributed by atoms with van der Waals surface area (Å²) in [6.45, 7) is -0.448. The molecule has 0 atom stereocenters. The minimum atomic E-state index is -1.11. The maximum absolute atomic E-state index is 11.4. The lowest BCUT2D eigenvalue weighted by Gasteiger charge is -2.11. The molecule has 5 nitrogen and oxygen atoms in total. The standard InChI is InChI=1S/C8H8N2O3S/c11-7(12)5-10(14)8(13)6-2-1-3-9-4-6/h1-4,14H,5H2,(H,11,12). The third-order valence-electron chi connectivity index (χ3n) is 1.43. The summed E-state index contributed by atoms with van der Waals surface area (Å²) in [7, 11) is 0. The van der Waals surface area contributed by atoms with Crippen molar-refractivity contribution in [3.63, 3.8) is 0 Å². The third-order valence-corrected chi connectivity index (χ3v) is 1.75. The summed E-state index contributed by atoms with van der Waals surface area (Å²) in [5.74, 6) is -1.60. The van der Waals surface area contributed by atoms with Gasteiger partial charge in [-0.25, -0.2) is 0 Å². The number of nitrogens with zero attached hydrogens (tertiary/aromatic N) is 2. The zero-order valence-electron chi connectivity index (χ0n) is 7.12. The normalized spacial score (nSPS) is 9.50. The lowest BCUT2D eigenvalue weighted by atomic mass is 10.3. The first-order chi connectivity index (χ1) is 6.61. The van der Waals surface area contributed by atoms with E-state index in [1.54, 1.807) is 12.1 Å². The summed E-state index contributed by atoms with van der Waals surface area (Å²) in [6.07, 6.45) is 2.88. The zero-order chi connectivity index (χ0) is 10.6. The first-order valence-electron chi connectivity index (χ1n) is 3.74. The second-order valence-corrected chi connectivity index (χ2v) is 2.98. The van der Waals surface area contributed by atoms with Crippen LogP contribution in [-0.2, 0) is 4.79 Å². The number of aliphatic carboxylic acids is 1. The summed E-state index contributed by atoms with van der Waals surface area (Å²) in [5, 5.41) is 8.42. The van der Waals surface area contributed by atoms with Crippen molar-refractivity contribution in [1.29, 1.82) is 0 Å². The van der Waals surface area contributed by atoms with Crippen LogP contribution in [0.25, 0.3) is 0 Å². The van der Waals surface area contributed by atoms with Gasteiger partial charge in [-0.15, -0.1) is 0 Å². The van der Waals surface area contributed by atoms with Crippen LogP contribution in [0.2, 0.25) is 0 Å². The number of carbonyl (C=O) groups excluding carboxylic acids is 1. The summed E-state index contributed by atoms with van der Waals surface area (Å²) in [5.41, 5.74) is 0.309. The molecule has 0 aliphatic rings. The molecule has 0 aliphatic heterocycles. The molecule has 1 amide bonds. The average molecular weight is 212 g/mol. The molecule has 14 heavy (non-hydrogen) atoms. The second kappa shape index (κ2) is 4.61. The maximum Gasteiger partial charge on any atom is 0.324 e. The van der Waals surface area contributed by atoms with Crippen LogP contribution < -0.4 is 0 Å². The van der Waals surface area contributed by atoms with Crippen LogP contribution in [0.15, 0.2) is 24.5 Å². The summed E-state index contributed by atoms with van der Waals surface area (Å²) < 4.78 is 0.819. The Bertz CT molecular complexity index is 342. The number of hydrogen-bond acceptors (Lipinski definition) is 4. The van der Waals surface area contributed by atoms with Crippen molar-refractivity contribution in [3.05, 3.63) is 30.1 Å². The molecule has 1 aromatic heterocycles. The number of rotatable bonds is 3. The van der Waals surface area contributed by atoms with Crippen LogP contribution in [0.5, 0.6) is 0 Å². The maximum atomic E-state index is 11.4. The van der Waals surface area contributed by atoms with Gasteiger partial charge in [-0.1, -0.05) is 12.8 Å². The van der Waals surface area contributed by atoms with Gasteiger partial charge < -0.3 is 5.11 Å². The van der Waals surface area contributed by atoms with Crippen molar-refractivity contribution in [2.24, 2.45) is 0 Å². The van der Waals surface area contributed by atoms with E-state index in [4.69, 9.17) is 5.11 Å². The highest BCUT2D eigenvalue weighted by Gasteiger charge is 2.14. The zero-order valence-corrected chi connectivity index (χ0v) is 8.02.